The zero-order valence-electron chi connectivity index (χ0n) is 15.9. The molecule has 7 nitrogen and oxygen atoms in total. The number of aromatic nitrogens is 3. The number of aliphatic carboxylic acids is 1. The molecular weight excluding hydrogens is 412 g/mol. The van der Waals surface area contributed by atoms with Gasteiger partial charge in [-0.3, -0.25) is 19.1 Å². The van der Waals surface area contributed by atoms with Crippen molar-refractivity contribution in [2.75, 3.05) is 0 Å². The van der Waals surface area contributed by atoms with Crippen LogP contribution in [0.5, 0.6) is 0 Å². The topological polar surface area (TPSA) is 97.4 Å². The van der Waals surface area contributed by atoms with Gasteiger partial charge in [-0.15, -0.1) is 21.5 Å². The Morgan fingerprint density at radius 1 is 1.28 bits per heavy atom. The Hall–Kier alpha value is -2.84. The first-order valence-corrected chi connectivity index (χ1v) is 10.1. The number of fused-ring (bicyclic) bond motifs is 3. The predicted molar refractivity (Wildman–Crippen MR) is 111 cm³/mol. The Labute approximate surface area is 175 Å². The van der Waals surface area contributed by atoms with Gasteiger partial charge in [-0.1, -0.05) is 23.7 Å². The molecule has 0 bridgehead atoms. The van der Waals surface area contributed by atoms with Gasteiger partial charge in [-0.05, 0) is 38.5 Å². The van der Waals surface area contributed by atoms with Gasteiger partial charge < -0.3 is 5.11 Å². The van der Waals surface area contributed by atoms with Crippen molar-refractivity contribution in [2.24, 2.45) is 10.9 Å². The number of aryl methyl sites for hydroxylation is 1. The average Bonchev–Trinajstić information content (AvgIpc) is 3.18. The number of benzene rings is 1. The van der Waals surface area contributed by atoms with E-state index in [1.54, 1.807) is 26.0 Å². The molecule has 1 aliphatic rings. The van der Waals surface area contributed by atoms with Gasteiger partial charge in [-0.2, -0.15) is 0 Å². The number of rotatable bonds is 4. The summed E-state index contributed by atoms with van der Waals surface area (Å²) in [5.74, 6) is -0.743. The number of aliphatic imine (C=N–C) groups is 1. The molecule has 1 aliphatic heterocycles. The van der Waals surface area contributed by atoms with E-state index in [4.69, 9.17) is 16.6 Å². The maximum Gasteiger partial charge on any atom is 0.308 e. The maximum absolute atomic E-state index is 11.8. The van der Waals surface area contributed by atoms with Gasteiger partial charge in [0.1, 0.15) is 16.9 Å². The second kappa shape index (κ2) is 7.20. The fourth-order valence-corrected chi connectivity index (χ4v) is 4.75. The second-order valence-electron chi connectivity index (χ2n) is 6.89. The quantitative estimate of drug-likeness (QED) is 0.633. The Balaban J connectivity index is 2.08. The highest BCUT2D eigenvalue weighted by Gasteiger charge is 2.36. The molecule has 0 saturated heterocycles. The van der Waals surface area contributed by atoms with Crippen molar-refractivity contribution in [1.29, 1.82) is 0 Å². The van der Waals surface area contributed by atoms with Gasteiger partial charge in [0, 0.05) is 16.1 Å². The predicted octanol–water partition coefficient (Wildman–Crippen LogP) is 4.02. The minimum atomic E-state index is -0.975. The van der Waals surface area contributed by atoms with Crippen LogP contribution in [0.25, 0.3) is 5.00 Å². The summed E-state index contributed by atoms with van der Waals surface area (Å²) in [4.78, 5) is 28.9. The smallest absolute Gasteiger partial charge is 0.308 e. The summed E-state index contributed by atoms with van der Waals surface area (Å²) in [6, 6.07) is 6.45. The van der Waals surface area contributed by atoms with Gasteiger partial charge in [0.25, 0.3) is 0 Å². The van der Waals surface area contributed by atoms with Crippen LogP contribution in [-0.4, -0.2) is 37.8 Å². The third kappa shape index (κ3) is 3.08. The van der Waals surface area contributed by atoms with E-state index in [0.717, 1.165) is 28.0 Å². The summed E-state index contributed by atoms with van der Waals surface area (Å²) in [5, 5.41) is 19.4. The number of carboxylic acid groups (broad SMARTS) is 1. The van der Waals surface area contributed by atoms with Crippen molar-refractivity contribution in [3.63, 3.8) is 0 Å². The summed E-state index contributed by atoms with van der Waals surface area (Å²) in [7, 11) is 0. The minimum absolute atomic E-state index is 0.446. The van der Waals surface area contributed by atoms with E-state index in [0.29, 0.717) is 27.3 Å². The number of carboxylic acids is 1. The van der Waals surface area contributed by atoms with Crippen molar-refractivity contribution < 1.29 is 14.7 Å². The number of halogens is 1. The van der Waals surface area contributed by atoms with Crippen LogP contribution in [0.15, 0.2) is 29.3 Å². The molecule has 2 aromatic heterocycles. The zero-order valence-corrected chi connectivity index (χ0v) is 17.5. The van der Waals surface area contributed by atoms with Gasteiger partial charge in [-0.25, -0.2) is 0 Å². The molecule has 1 aromatic carbocycles. The van der Waals surface area contributed by atoms with Gasteiger partial charge in [0.05, 0.1) is 16.5 Å². The highest BCUT2D eigenvalue weighted by Crippen LogP contribution is 2.40. The van der Waals surface area contributed by atoms with E-state index in [-0.39, 0.29) is 0 Å². The molecule has 1 N–H and O–H groups in total. The van der Waals surface area contributed by atoms with Crippen LogP contribution >= 0.6 is 22.9 Å². The maximum atomic E-state index is 11.8. The summed E-state index contributed by atoms with van der Waals surface area (Å²) in [6.07, 6.45) is 0.824. The fraction of sp³-hybridized carbons (Fsp3) is 0.250. The lowest BCUT2D eigenvalue weighted by atomic mass is 9.98. The summed E-state index contributed by atoms with van der Waals surface area (Å²) in [6.45, 7) is 5.27. The number of hydrogen-bond acceptors (Lipinski definition) is 6. The highest BCUT2D eigenvalue weighted by atomic mass is 35.5. The molecule has 4 rings (SSSR count). The SMILES string of the molecule is Cc1c(C=O)sc2c1C(c1ccc(Cl)cc1)=NC([C@H](C)C(=O)O)c1nnc(C)n1-2. The number of carbonyl (C=O) groups excluding carboxylic acids is 1. The number of hydrogen-bond donors (Lipinski definition) is 1. The van der Waals surface area contributed by atoms with Crippen LogP contribution < -0.4 is 0 Å². The lowest BCUT2D eigenvalue weighted by Crippen LogP contribution is -2.21. The number of thiophene rings is 1. The molecule has 3 heterocycles. The molecule has 148 valence electrons. The average molecular weight is 429 g/mol. The molecular formula is C20H17ClN4O3S. The minimum Gasteiger partial charge on any atom is -0.481 e. The Morgan fingerprint density at radius 3 is 2.59 bits per heavy atom. The van der Waals surface area contributed by atoms with Crippen molar-refractivity contribution in [3.8, 4) is 5.00 Å². The van der Waals surface area contributed by atoms with E-state index in [2.05, 4.69) is 10.2 Å². The van der Waals surface area contributed by atoms with Crippen LogP contribution in [0.1, 0.15) is 51.0 Å². The molecule has 0 amide bonds. The van der Waals surface area contributed by atoms with Crippen LogP contribution in [0.2, 0.25) is 5.02 Å². The summed E-state index contributed by atoms with van der Waals surface area (Å²) >= 11 is 7.37. The number of nitrogens with zero attached hydrogens (tertiary/aromatic N) is 4. The molecule has 0 fully saturated rings. The Kier molecular flexibility index (Phi) is 4.84. The van der Waals surface area contributed by atoms with Crippen molar-refractivity contribution in [3.05, 3.63) is 62.5 Å². The standard InChI is InChI=1S/C20H17ClN4O3S/c1-9-14(8-26)29-19-15(9)17(12-4-6-13(21)7-5-12)22-16(10(2)20(27)28)18-24-23-11(3)25(18)19/h4-8,10,16H,1-3H3,(H,27,28)/t10-,16?/m0/s1. The normalized spacial score (nSPS) is 16.4. The van der Waals surface area contributed by atoms with Gasteiger partial charge >= 0.3 is 5.97 Å². The molecule has 29 heavy (non-hydrogen) atoms. The van der Waals surface area contributed by atoms with E-state index >= 15 is 0 Å². The lowest BCUT2D eigenvalue weighted by molar-refractivity contribution is -0.141. The third-order valence-corrected chi connectivity index (χ3v) is 6.53. The summed E-state index contributed by atoms with van der Waals surface area (Å²) < 4.78 is 1.82. The van der Waals surface area contributed by atoms with E-state index in [1.165, 1.54) is 11.3 Å². The Bertz CT molecular complexity index is 1160. The van der Waals surface area contributed by atoms with Crippen LogP contribution in [-0.2, 0) is 4.79 Å². The fourth-order valence-electron chi connectivity index (χ4n) is 3.44. The molecule has 0 radical (unpaired) electrons. The molecule has 0 aliphatic carbocycles. The van der Waals surface area contributed by atoms with Crippen LogP contribution in [0, 0.1) is 19.8 Å². The van der Waals surface area contributed by atoms with E-state index < -0.39 is 17.9 Å². The first-order valence-electron chi connectivity index (χ1n) is 8.91. The molecule has 1 unspecified atom stereocenters. The monoisotopic (exact) mass is 428 g/mol. The van der Waals surface area contributed by atoms with Crippen molar-refractivity contribution in [1.82, 2.24) is 14.8 Å². The lowest BCUT2D eigenvalue weighted by Gasteiger charge is -2.16. The molecule has 2 atom stereocenters. The third-order valence-electron chi connectivity index (χ3n) is 5.08. The highest BCUT2D eigenvalue weighted by molar-refractivity contribution is 7.16. The molecule has 0 saturated carbocycles. The van der Waals surface area contributed by atoms with E-state index in [9.17, 15) is 14.7 Å². The first kappa shape index (κ1) is 19.5. The Morgan fingerprint density at radius 2 is 1.97 bits per heavy atom. The largest absolute Gasteiger partial charge is 0.481 e. The molecule has 9 heteroatoms. The second-order valence-corrected chi connectivity index (χ2v) is 8.35. The summed E-state index contributed by atoms with van der Waals surface area (Å²) in [5.41, 5.74) is 2.97. The number of aldehydes is 1. The number of carbonyl (C=O) groups is 2. The zero-order chi connectivity index (χ0) is 20.9. The van der Waals surface area contributed by atoms with Gasteiger partial charge in [0.15, 0.2) is 12.1 Å². The van der Waals surface area contributed by atoms with E-state index in [1.807, 2.05) is 23.6 Å². The van der Waals surface area contributed by atoms with Gasteiger partial charge in [0.2, 0.25) is 0 Å². The van der Waals surface area contributed by atoms with Crippen molar-refractivity contribution >= 4 is 40.9 Å². The molecule has 3 aromatic rings. The van der Waals surface area contributed by atoms with Crippen molar-refractivity contribution in [2.45, 2.75) is 26.8 Å². The van der Waals surface area contributed by atoms with Crippen LogP contribution in [0.4, 0.5) is 0 Å². The van der Waals surface area contributed by atoms with Crippen LogP contribution in [0.3, 0.4) is 0 Å². The first-order chi connectivity index (χ1) is 13.8. The molecule has 0 spiro atoms.